The summed E-state index contributed by atoms with van der Waals surface area (Å²) in [5.74, 6) is 1.46. The van der Waals surface area contributed by atoms with Gasteiger partial charge in [0.25, 0.3) is 0 Å². The molecule has 0 saturated heterocycles. The van der Waals surface area contributed by atoms with Gasteiger partial charge in [0.2, 0.25) is 0 Å². The van der Waals surface area contributed by atoms with E-state index in [9.17, 15) is 0 Å². The Morgan fingerprint density at radius 3 is 2.82 bits per heavy atom. The molecule has 0 fully saturated rings. The predicted octanol–water partition coefficient (Wildman–Crippen LogP) is 2.55. The minimum atomic E-state index is 0.513. The summed E-state index contributed by atoms with van der Waals surface area (Å²) in [7, 11) is 1.67. The van der Waals surface area contributed by atoms with Crippen LogP contribution in [0.1, 0.15) is 31.1 Å². The van der Waals surface area contributed by atoms with E-state index in [1.165, 1.54) is 5.56 Å². The molecule has 0 atom stereocenters. The highest BCUT2D eigenvalue weighted by atomic mass is 16.5. The topological polar surface area (TPSA) is 22.4 Å². The van der Waals surface area contributed by atoms with Gasteiger partial charge < -0.3 is 9.15 Å². The number of rotatable bonds is 3. The second-order valence-electron chi connectivity index (χ2n) is 2.89. The first-order chi connectivity index (χ1) is 5.25. The highest BCUT2D eigenvalue weighted by molar-refractivity contribution is 5.19. The van der Waals surface area contributed by atoms with E-state index < -0.39 is 0 Å². The lowest BCUT2D eigenvalue weighted by molar-refractivity contribution is 0.163. The van der Waals surface area contributed by atoms with Gasteiger partial charge in [-0.15, -0.1) is 0 Å². The lowest BCUT2D eigenvalue weighted by atomic mass is 10.0. The molecular formula is C9H14O2. The number of ether oxygens (including phenoxy) is 1. The SMILES string of the molecule is COCc1occc1C(C)C. The maximum atomic E-state index is 5.24. The van der Waals surface area contributed by atoms with Crippen molar-refractivity contribution in [1.82, 2.24) is 0 Å². The summed E-state index contributed by atoms with van der Waals surface area (Å²) >= 11 is 0. The molecule has 0 aliphatic rings. The van der Waals surface area contributed by atoms with Crippen LogP contribution >= 0.6 is 0 Å². The average molecular weight is 154 g/mol. The molecule has 0 saturated carbocycles. The lowest BCUT2D eigenvalue weighted by Crippen LogP contribution is -1.92. The van der Waals surface area contributed by atoms with Crippen LogP contribution < -0.4 is 0 Å². The molecule has 1 aromatic heterocycles. The largest absolute Gasteiger partial charge is 0.467 e. The van der Waals surface area contributed by atoms with Crippen LogP contribution in [0.2, 0.25) is 0 Å². The second kappa shape index (κ2) is 3.58. The van der Waals surface area contributed by atoms with E-state index in [-0.39, 0.29) is 0 Å². The lowest BCUT2D eigenvalue weighted by Gasteiger charge is -2.03. The summed E-state index contributed by atoms with van der Waals surface area (Å²) in [5, 5.41) is 0. The van der Waals surface area contributed by atoms with Crippen molar-refractivity contribution in [2.45, 2.75) is 26.4 Å². The van der Waals surface area contributed by atoms with E-state index >= 15 is 0 Å². The number of hydrogen-bond acceptors (Lipinski definition) is 2. The van der Waals surface area contributed by atoms with Gasteiger partial charge in [0.05, 0.1) is 6.26 Å². The van der Waals surface area contributed by atoms with Crippen LogP contribution in [0.15, 0.2) is 16.7 Å². The van der Waals surface area contributed by atoms with Crippen molar-refractivity contribution in [3.8, 4) is 0 Å². The molecule has 2 nitrogen and oxygen atoms in total. The maximum Gasteiger partial charge on any atom is 0.132 e. The summed E-state index contributed by atoms with van der Waals surface area (Å²) < 4.78 is 10.2. The van der Waals surface area contributed by atoms with Crippen LogP contribution in [-0.2, 0) is 11.3 Å². The molecule has 0 aliphatic carbocycles. The summed E-state index contributed by atoms with van der Waals surface area (Å²) in [5.41, 5.74) is 1.24. The zero-order valence-corrected chi connectivity index (χ0v) is 7.26. The normalized spacial score (nSPS) is 10.9. The molecule has 0 unspecified atom stereocenters. The summed E-state index contributed by atoms with van der Waals surface area (Å²) in [6.45, 7) is 4.86. The highest BCUT2D eigenvalue weighted by Gasteiger charge is 2.08. The number of methoxy groups -OCH3 is 1. The van der Waals surface area contributed by atoms with Gasteiger partial charge in [-0.1, -0.05) is 13.8 Å². The smallest absolute Gasteiger partial charge is 0.132 e. The average Bonchev–Trinajstić information content (AvgIpc) is 2.36. The van der Waals surface area contributed by atoms with Crippen molar-refractivity contribution in [3.05, 3.63) is 23.7 Å². The third-order valence-corrected chi connectivity index (χ3v) is 1.68. The maximum absolute atomic E-state index is 5.24. The molecule has 1 heterocycles. The highest BCUT2D eigenvalue weighted by Crippen LogP contribution is 2.20. The van der Waals surface area contributed by atoms with Gasteiger partial charge in [-0.2, -0.15) is 0 Å². The molecule has 0 bridgehead atoms. The standard InChI is InChI=1S/C9H14O2/c1-7(2)8-4-5-11-9(8)6-10-3/h4-5,7H,6H2,1-3H3. The Bertz CT molecular complexity index is 213. The number of furan rings is 1. The third kappa shape index (κ3) is 1.84. The molecule has 0 N–H and O–H groups in total. The van der Waals surface area contributed by atoms with Crippen molar-refractivity contribution in [3.63, 3.8) is 0 Å². The van der Waals surface area contributed by atoms with Gasteiger partial charge in [-0.25, -0.2) is 0 Å². The van der Waals surface area contributed by atoms with Crippen LogP contribution in [0.25, 0.3) is 0 Å². The fourth-order valence-corrected chi connectivity index (χ4v) is 1.11. The molecule has 2 heteroatoms. The molecule has 1 rings (SSSR count). The van der Waals surface area contributed by atoms with E-state index in [0.717, 1.165) is 5.76 Å². The van der Waals surface area contributed by atoms with Gasteiger partial charge in [0.15, 0.2) is 0 Å². The molecule has 62 valence electrons. The van der Waals surface area contributed by atoms with E-state index in [1.807, 2.05) is 6.07 Å². The molecule has 11 heavy (non-hydrogen) atoms. The molecule has 1 aromatic rings. The van der Waals surface area contributed by atoms with E-state index in [2.05, 4.69) is 13.8 Å². The first-order valence-corrected chi connectivity index (χ1v) is 3.81. The van der Waals surface area contributed by atoms with E-state index in [4.69, 9.17) is 9.15 Å². The van der Waals surface area contributed by atoms with Gasteiger partial charge in [0, 0.05) is 7.11 Å². The Morgan fingerprint density at radius 1 is 1.55 bits per heavy atom. The van der Waals surface area contributed by atoms with Crippen LogP contribution in [-0.4, -0.2) is 7.11 Å². The van der Waals surface area contributed by atoms with Crippen molar-refractivity contribution in [1.29, 1.82) is 0 Å². The Morgan fingerprint density at radius 2 is 2.27 bits per heavy atom. The quantitative estimate of drug-likeness (QED) is 0.667. The van der Waals surface area contributed by atoms with Crippen LogP contribution in [0, 0.1) is 0 Å². The van der Waals surface area contributed by atoms with E-state index in [0.29, 0.717) is 12.5 Å². The van der Waals surface area contributed by atoms with Crippen molar-refractivity contribution >= 4 is 0 Å². The second-order valence-corrected chi connectivity index (χ2v) is 2.89. The van der Waals surface area contributed by atoms with E-state index in [1.54, 1.807) is 13.4 Å². The van der Waals surface area contributed by atoms with Crippen molar-refractivity contribution < 1.29 is 9.15 Å². The third-order valence-electron chi connectivity index (χ3n) is 1.68. The van der Waals surface area contributed by atoms with Gasteiger partial charge in [0.1, 0.15) is 12.4 Å². The monoisotopic (exact) mass is 154 g/mol. The Hall–Kier alpha value is -0.760. The molecule has 0 amide bonds. The molecular weight excluding hydrogens is 140 g/mol. The fourth-order valence-electron chi connectivity index (χ4n) is 1.11. The molecule has 0 spiro atoms. The summed E-state index contributed by atoms with van der Waals surface area (Å²) in [4.78, 5) is 0. The van der Waals surface area contributed by atoms with Gasteiger partial charge in [-0.3, -0.25) is 0 Å². The molecule has 0 aliphatic heterocycles. The molecule has 0 radical (unpaired) electrons. The fraction of sp³-hybridized carbons (Fsp3) is 0.556. The predicted molar refractivity (Wildman–Crippen MR) is 43.5 cm³/mol. The first kappa shape index (κ1) is 8.34. The minimum Gasteiger partial charge on any atom is -0.467 e. The zero-order valence-electron chi connectivity index (χ0n) is 7.26. The Kier molecular flexibility index (Phi) is 2.71. The minimum absolute atomic E-state index is 0.513. The van der Waals surface area contributed by atoms with Crippen LogP contribution in [0.4, 0.5) is 0 Å². The van der Waals surface area contributed by atoms with Gasteiger partial charge >= 0.3 is 0 Å². The summed E-state index contributed by atoms with van der Waals surface area (Å²) in [6.07, 6.45) is 1.71. The zero-order chi connectivity index (χ0) is 8.27. The van der Waals surface area contributed by atoms with Crippen LogP contribution in [0.3, 0.4) is 0 Å². The van der Waals surface area contributed by atoms with Crippen LogP contribution in [0.5, 0.6) is 0 Å². The number of hydrogen-bond donors (Lipinski definition) is 0. The molecule has 0 aromatic carbocycles. The Labute approximate surface area is 67.2 Å². The van der Waals surface area contributed by atoms with Crippen molar-refractivity contribution in [2.75, 3.05) is 7.11 Å². The summed E-state index contributed by atoms with van der Waals surface area (Å²) in [6, 6.07) is 2.00. The van der Waals surface area contributed by atoms with Gasteiger partial charge in [-0.05, 0) is 17.5 Å². The van der Waals surface area contributed by atoms with Crippen molar-refractivity contribution in [2.24, 2.45) is 0 Å². The Balaban J connectivity index is 2.78. The first-order valence-electron chi connectivity index (χ1n) is 3.81.